The number of hydrogen-bond acceptors (Lipinski definition) is 3. The minimum absolute atomic E-state index is 0.0571. The number of amides is 1. The first-order chi connectivity index (χ1) is 9.25. The molecule has 0 aromatic heterocycles. The SMILES string of the molecule is Cc1ccc(C(F)(F)F)cc1C(=O)NCCC(O)CO. The highest BCUT2D eigenvalue weighted by atomic mass is 19.4. The van der Waals surface area contributed by atoms with Crippen LogP contribution in [0.3, 0.4) is 0 Å². The number of hydrogen-bond donors (Lipinski definition) is 3. The Balaban J connectivity index is 2.77. The Morgan fingerprint density at radius 2 is 2.05 bits per heavy atom. The van der Waals surface area contributed by atoms with Gasteiger partial charge in [-0.05, 0) is 31.0 Å². The van der Waals surface area contributed by atoms with E-state index < -0.39 is 30.4 Å². The third kappa shape index (κ3) is 4.50. The van der Waals surface area contributed by atoms with Crippen molar-refractivity contribution in [1.29, 1.82) is 0 Å². The molecule has 1 amide bonds. The summed E-state index contributed by atoms with van der Waals surface area (Å²) in [6.07, 6.45) is -5.34. The number of benzene rings is 1. The van der Waals surface area contributed by atoms with Crippen LogP contribution in [0.4, 0.5) is 13.2 Å². The summed E-state index contributed by atoms with van der Waals surface area (Å²) in [6, 6.07) is 2.95. The predicted octanol–water partition coefficient (Wildman–Crippen LogP) is 1.49. The average molecular weight is 291 g/mol. The first-order valence-corrected chi connectivity index (χ1v) is 6.00. The van der Waals surface area contributed by atoms with E-state index in [0.717, 1.165) is 12.1 Å². The molecule has 1 rings (SSSR count). The van der Waals surface area contributed by atoms with Gasteiger partial charge in [-0.15, -0.1) is 0 Å². The van der Waals surface area contributed by atoms with E-state index in [0.29, 0.717) is 5.56 Å². The number of halogens is 3. The zero-order chi connectivity index (χ0) is 15.3. The van der Waals surface area contributed by atoms with Gasteiger partial charge in [0.15, 0.2) is 0 Å². The second-order valence-corrected chi connectivity index (χ2v) is 4.41. The van der Waals surface area contributed by atoms with Crippen LogP contribution in [0.5, 0.6) is 0 Å². The van der Waals surface area contributed by atoms with Crippen LogP contribution >= 0.6 is 0 Å². The van der Waals surface area contributed by atoms with E-state index in [1.807, 2.05) is 0 Å². The summed E-state index contributed by atoms with van der Waals surface area (Å²) in [4.78, 5) is 11.8. The van der Waals surface area contributed by atoms with Gasteiger partial charge in [0.2, 0.25) is 0 Å². The monoisotopic (exact) mass is 291 g/mol. The Hall–Kier alpha value is -1.60. The summed E-state index contributed by atoms with van der Waals surface area (Å²) in [5, 5.41) is 20.1. The Labute approximate surface area is 114 Å². The molecule has 0 heterocycles. The van der Waals surface area contributed by atoms with E-state index in [2.05, 4.69) is 5.32 Å². The third-order valence-electron chi connectivity index (χ3n) is 2.78. The molecule has 0 aliphatic rings. The number of nitrogens with one attached hydrogen (secondary N) is 1. The molecule has 0 spiro atoms. The molecule has 1 unspecified atom stereocenters. The van der Waals surface area contributed by atoms with Gasteiger partial charge in [-0.25, -0.2) is 0 Å². The molecule has 7 heteroatoms. The first kappa shape index (κ1) is 16.5. The van der Waals surface area contributed by atoms with Crippen molar-refractivity contribution in [1.82, 2.24) is 5.32 Å². The van der Waals surface area contributed by atoms with Gasteiger partial charge >= 0.3 is 6.18 Å². The van der Waals surface area contributed by atoms with Gasteiger partial charge in [0.1, 0.15) is 0 Å². The Bertz CT molecular complexity index is 474. The van der Waals surface area contributed by atoms with Gasteiger partial charge in [0.25, 0.3) is 5.91 Å². The van der Waals surface area contributed by atoms with Crippen LogP contribution in [0.15, 0.2) is 18.2 Å². The topological polar surface area (TPSA) is 69.6 Å². The Morgan fingerprint density at radius 3 is 2.60 bits per heavy atom. The molecule has 0 aliphatic heterocycles. The minimum Gasteiger partial charge on any atom is -0.394 e. The van der Waals surface area contributed by atoms with Gasteiger partial charge in [-0.2, -0.15) is 13.2 Å². The highest BCUT2D eigenvalue weighted by Crippen LogP contribution is 2.30. The average Bonchev–Trinajstić information content (AvgIpc) is 2.37. The van der Waals surface area contributed by atoms with Crippen LogP contribution in [0.2, 0.25) is 0 Å². The predicted molar refractivity (Wildman–Crippen MR) is 66.2 cm³/mol. The fraction of sp³-hybridized carbons (Fsp3) is 0.462. The molecule has 0 saturated heterocycles. The molecule has 1 aromatic rings. The first-order valence-electron chi connectivity index (χ1n) is 6.00. The summed E-state index contributed by atoms with van der Waals surface area (Å²) in [6.45, 7) is 1.17. The molecular weight excluding hydrogens is 275 g/mol. The molecule has 0 radical (unpaired) electrons. The summed E-state index contributed by atoms with van der Waals surface area (Å²) in [5.74, 6) is -0.640. The van der Waals surface area contributed by atoms with Crippen molar-refractivity contribution in [2.45, 2.75) is 25.6 Å². The summed E-state index contributed by atoms with van der Waals surface area (Å²) in [5.41, 5.74) is -0.514. The number of aliphatic hydroxyl groups is 2. The van der Waals surface area contributed by atoms with E-state index in [1.165, 1.54) is 13.0 Å². The van der Waals surface area contributed by atoms with Crippen LogP contribution in [-0.4, -0.2) is 35.4 Å². The maximum Gasteiger partial charge on any atom is 0.416 e. The number of rotatable bonds is 5. The van der Waals surface area contributed by atoms with Gasteiger partial charge in [-0.1, -0.05) is 6.07 Å². The van der Waals surface area contributed by atoms with Gasteiger partial charge in [0, 0.05) is 12.1 Å². The lowest BCUT2D eigenvalue weighted by Crippen LogP contribution is -2.29. The van der Waals surface area contributed by atoms with Crippen molar-refractivity contribution >= 4 is 5.91 Å². The Kier molecular flexibility index (Phi) is 5.52. The van der Waals surface area contributed by atoms with E-state index in [9.17, 15) is 18.0 Å². The smallest absolute Gasteiger partial charge is 0.394 e. The second kappa shape index (κ2) is 6.71. The molecule has 1 atom stereocenters. The molecule has 20 heavy (non-hydrogen) atoms. The van der Waals surface area contributed by atoms with Crippen LogP contribution in [0, 0.1) is 6.92 Å². The summed E-state index contributed by atoms with van der Waals surface area (Å²) in [7, 11) is 0. The number of aryl methyl sites for hydroxylation is 1. The zero-order valence-corrected chi connectivity index (χ0v) is 10.9. The lowest BCUT2D eigenvalue weighted by atomic mass is 10.0. The highest BCUT2D eigenvalue weighted by molar-refractivity contribution is 5.95. The van der Waals surface area contributed by atoms with Crippen molar-refractivity contribution < 1.29 is 28.2 Å². The lowest BCUT2D eigenvalue weighted by Gasteiger charge is -2.12. The number of alkyl halides is 3. The molecule has 0 aliphatic carbocycles. The summed E-state index contributed by atoms with van der Waals surface area (Å²) < 4.78 is 37.7. The lowest BCUT2D eigenvalue weighted by molar-refractivity contribution is -0.137. The maximum absolute atomic E-state index is 12.6. The number of carbonyl (C=O) groups is 1. The highest BCUT2D eigenvalue weighted by Gasteiger charge is 2.31. The van der Waals surface area contributed by atoms with Crippen molar-refractivity contribution in [2.75, 3.05) is 13.2 Å². The molecule has 4 nitrogen and oxygen atoms in total. The normalized spacial score (nSPS) is 13.1. The number of aliphatic hydroxyl groups excluding tert-OH is 2. The van der Waals surface area contributed by atoms with Crippen molar-refractivity contribution in [3.05, 3.63) is 34.9 Å². The second-order valence-electron chi connectivity index (χ2n) is 4.41. The van der Waals surface area contributed by atoms with Crippen LogP contribution in [0.1, 0.15) is 27.9 Å². The molecule has 0 bridgehead atoms. The van der Waals surface area contributed by atoms with Crippen LogP contribution in [-0.2, 0) is 6.18 Å². The minimum atomic E-state index is -4.50. The van der Waals surface area contributed by atoms with Crippen molar-refractivity contribution in [3.8, 4) is 0 Å². The maximum atomic E-state index is 12.6. The molecule has 112 valence electrons. The van der Waals surface area contributed by atoms with Crippen molar-refractivity contribution in [3.63, 3.8) is 0 Å². The van der Waals surface area contributed by atoms with Crippen molar-refractivity contribution in [2.24, 2.45) is 0 Å². The third-order valence-corrected chi connectivity index (χ3v) is 2.78. The zero-order valence-electron chi connectivity index (χ0n) is 10.9. The van der Waals surface area contributed by atoms with Crippen LogP contribution in [0.25, 0.3) is 0 Å². The molecular formula is C13H16F3NO3. The van der Waals surface area contributed by atoms with E-state index in [-0.39, 0.29) is 18.5 Å². The standard InChI is InChI=1S/C13H16F3NO3/c1-8-2-3-9(13(14,15)16)6-11(8)12(20)17-5-4-10(19)7-18/h2-3,6,10,18-19H,4-5,7H2,1H3,(H,17,20). The van der Waals surface area contributed by atoms with Crippen LogP contribution < -0.4 is 5.32 Å². The fourth-order valence-corrected chi connectivity index (χ4v) is 1.58. The molecule has 0 fully saturated rings. The van der Waals surface area contributed by atoms with Gasteiger partial charge in [0.05, 0.1) is 18.3 Å². The molecule has 3 N–H and O–H groups in total. The molecule has 1 aromatic carbocycles. The fourth-order valence-electron chi connectivity index (χ4n) is 1.58. The van der Waals surface area contributed by atoms with E-state index in [4.69, 9.17) is 10.2 Å². The quantitative estimate of drug-likeness (QED) is 0.770. The van der Waals surface area contributed by atoms with E-state index >= 15 is 0 Å². The van der Waals surface area contributed by atoms with Gasteiger partial charge < -0.3 is 15.5 Å². The summed E-state index contributed by atoms with van der Waals surface area (Å²) >= 11 is 0. The molecule has 0 saturated carbocycles. The van der Waals surface area contributed by atoms with E-state index in [1.54, 1.807) is 0 Å². The number of carbonyl (C=O) groups excluding carboxylic acids is 1. The van der Waals surface area contributed by atoms with Gasteiger partial charge in [-0.3, -0.25) is 4.79 Å². The Morgan fingerprint density at radius 1 is 1.40 bits per heavy atom. The largest absolute Gasteiger partial charge is 0.416 e.